The average molecular weight is 244 g/mol. The van der Waals surface area contributed by atoms with Gasteiger partial charge in [-0.1, -0.05) is 6.92 Å². The maximum atomic E-state index is 12.0. The minimum absolute atomic E-state index is 0.0412. The highest BCUT2D eigenvalue weighted by molar-refractivity contribution is 5.81. The number of likely N-dealkylation sites (tertiary alicyclic amines) is 1. The lowest BCUT2D eigenvalue weighted by molar-refractivity contribution is -0.151. The number of rotatable bonds is 4. The van der Waals surface area contributed by atoms with Crippen LogP contribution in [0.3, 0.4) is 0 Å². The van der Waals surface area contributed by atoms with E-state index in [-0.39, 0.29) is 24.3 Å². The number of nitrogens with two attached hydrogens (primary N) is 1. The number of carbonyl (C=O) groups excluding carboxylic acids is 1. The van der Waals surface area contributed by atoms with Gasteiger partial charge >= 0.3 is 5.97 Å². The van der Waals surface area contributed by atoms with Crippen molar-refractivity contribution >= 4 is 11.9 Å². The normalized spacial score (nSPS) is 26.6. The minimum Gasteiger partial charge on any atom is -0.481 e. The number of piperidine rings is 1. The molecule has 1 heterocycles. The molecule has 98 valence electrons. The highest BCUT2D eigenvalue weighted by atomic mass is 16.5. The molecule has 1 fully saturated rings. The summed E-state index contributed by atoms with van der Waals surface area (Å²) in [6.45, 7) is 2.90. The van der Waals surface area contributed by atoms with Crippen LogP contribution in [0.25, 0.3) is 0 Å². The average Bonchev–Trinajstić information content (AvgIpc) is 2.29. The maximum absolute atomic E-state index is 12.0. The topological polar surface area (TPSA) is 92.9 Å². The molecule has 1 amide bonds. The van der Waals surface area contributed by atoms with Crippen LogP contribution >= 0.6 is 0 Å². The lowest BCUT2D eigenvalue weighted by Gasteiger charge is -2.36. The first kappa shape index (κ1) is 13.9. The molecule has 0 spiro atoms. The van der Waals surface area contributed by atoms with Gasteiger partial charge in [0, 0.05) is 26.7 Å². The van der Waals surface area contributed by atoms with Crippen LogP contribution in [-0.4, -0.2) is 54.7 Å². The predicted octanol–water partition coefficient (Wildman–Crippen LogP) is -0.471. The van der Waals surface area contributed by atoms with Crippen LogP contribution in [0.1, 0.15) is 13.3 Å². The van der Waals surface area contributed by atoms with Gasteiger partial charge in [-0.3, -0.25) is 9.59 Å². The first-order valence-corrected chi connectivity index (χ1v) is 5.75. The third kappa shape index (κ3) is 3.17. The number of carboxylic acid groups (broad SMARTS) is 1. The second kappa shape index (κ2) is 5.97. The molecule has 0 aromatic carbocycles. The van der Waals surface area contributed by atoms with Gasteiger partial charge in [0.05, 0.1) is 5.92 Å². The van der Waals surface area contributed by atoms with E-state index < -0.39 is 12.1 Å². The van der Waals surface area contributed by atoms with E-state index in [1.54, 1.807) is 4.90 Å². The molecule has 6 heteroatoms. The van der Waals surface area contributed by atoms with Crippen LogP contribution in [0.5, 0.6) is 0 Å². The summed E-state index contributed by atoms with van der Waals surface area (Å²) in [5.41, 5.74) is 5.43. The molecule has 0 saturated carbocycles. The standard InChI is InChI=1S/C11H20N2O4/c1-7-6-13(4-3-8(7)11(15)16)10(14)9(5-12)17-2/h7-9H,3-6,12H2,1-2H3,(H,15,16). The molecule has 0 bridgehead atoms. The number of aliphatic carboxylic acids is 1. The van der Waals surface area contributed by atoms with Crippen molar-refractivity contribution in [3.05, 3.63) is 0 Å². The van der Waals surface area contributed by atoms with Gasteiger partial charge in [-0.2, -0.15) is 0 Å². The number of ether oxygens (including phenoxy) is 1. The van der Waals surface area contributed by atoms with Crippen molar-refractivity contribution in [2.24, 2.45) is 17.6 Å². The van der Waals surface area contributed by atoms with Crippen molar-refractivity contribution in [1.29, 1.82) is 0 Å². The monoisotopic (exact) mass is 244 g/mol. The molecule has 1 aliphatic heterocycles. The van der Waals surface area contributed by atoms with Gasteiger partial charge in [-0.15, -0.1) is 0 Å². The second-order valence-electron chi connectivity index (χ2n) is 4.45. The summed E-state index contributed by atoms with van der Waals surface area (Å²) in [6.07, 6.45) is -0.132. The highest BCUT2D eigenvalue weighted by Crippen LogP contribution is 2.24. The second-order valence-corrected chi connectivity index (χ2v) is 4.45. The largest absolute Gasteiger partial charge is 0.481 e. The summed E-state index contributed by atoms with van der Waals surface area (Å²) in [5.74, 6) is -1.34. The number of hydrogen-bond donors (Lipinski definition) is 2. The summed E-state index contributed by atoms with van der Waals surface area (Å²) >= 11 is 0. The molecular formula is C11H20N2O4. The van der Waals surface area contributed by atoms with Crippen molar-refractivity contribution in [1.82, 2.24) is 4.90 Å². The highest BCUT2D eigenvalue weighted by Gasteiger charge is 2.34. The summed E-state index contributed by atoms with van der Waals surface area (Å²) in [6, 6.07) is 0. The molecule has 0 aliphatic carbocycles. The van der Waals surface area contributed by atoms with Crippen LogP contribution in [0.15, 0.2) is 0 Å². The number of carboxylic acids is 1. The number of carbonyl (C=O) groups is 2. The Labute approximate surface area is 101 Å². The van der Waals surface area contributed by atoms with Crippen molar-refractivity contribution < 1.29 is 19.4 Å². The summed E-state index contributed by atoms with van der Waals surface area (Å²) in [7, 11) is 1.45. The fourth-order valence-corrected chi connectivity index (χ4v) is 2.21. The number of methoxy groups -OCH3 is 1. The lowest BCUT2D eigenvalue weighted by Crippen LogP contribution is -2.50. The smallest absolute Gasteiger partial charge is 0.306 e. The van der Waals surface area contributed by atoms with Crippen molar-refractivity contribution in [3.63, 3.8) is 0 Å². The predicted molar refractivity (Wildman–Crippen MR) is 61.3 cm³/mol. The Bertz CT molecular complexity index is 291. The molecule has 1 rings (SSSR count). The Morgan fingerprint density at radius 1 is 1.59 bits per heavy atom. The van der Waals surface area contributed by atoms with Crippen LogP contribution in [0.4, 0.5) is 0 Å². The maximum Gasteiger partial charge on any atom is 0.306 e. The van der Waals surface area contributed by atoms with E-state index in [0.29, 0.717) is 19.5 Å². The Morgan fingerprint density at radius 2 is 2.24 bits per heavy atom. The van der Waals surface area contributed by atoms with Gasteiger partial charge < -0.3 is 20.5 Å². The summed E-state index contributed by atoms with van der Waals surface area (Å²) < 4.78 is 4.99. The fourth-order valence-electron chi connectivity index (χ4n) is 2.21. The van der Waals surface area contributed by atoms with E-state index in [2.05, 4.69) is 0 Å². The molecule has 0 radical (unpaired) electrons. The van der Waals surface area contributed by atoms with E-state index in [1.807, 2.05) is 6.92 Å². The fraction of sp³-hybridized carbons (Fsp3) is 0.818. The molecule has 3 unspecified atom stereocenters. The van der Waals surface area contributed by atoms with E-state index in [4.69, 9.17) is 15.6 Å². The van der Waals surface area contributed by atoms with E-state index in [1.165, 1.54) is 7.11 Å². The Morgan fingerprint density at radius 3 is 2.65 bits per heavy atom. The lowest BCUT2D eigenvalue weighted by atomic mass is 9.87. The van der Waals surface area contributed by atoms with Gasteiger partial charge in [0.15, 0.2) is 0 Å². The Hall–Kier alpha value is -1.14. The molecular weight excluding hydrogens is 224 g/mol. The quantitative estimate of drug-likeness (QED) is 0.697. The third-order valence-electron chi connectivity index (χ3n) is 3.31. The van der Waals surface area contributed by atoms with Gasteiger partial charge in [-0.05, 0) is 12.3 Å². The van der Waals surface area contributed by atoms with Gasteiger partial charge in [0.1, 0.15) is 6.10 Å². The number of nitrogens with zero attached hydrogens (tertiary/aromatic N) is 1. The van der Waals surface area contributed by atoms with Crippen molar-refractivity contribution in [2.45, 2.75) is 19.4 Å². The van der Waals surface area contributed by atoms with Crippen molar-refractivity contribution in [2.75, 3.05) is 26.7 Å². The summed E-state index contributed by atoms with van der Waals surface area (Å²) in [4.78, 5) is 24.5. The molecule has 1 saturated heterocycles. The molecule has 1 aliphatic rings. The summed E-state index contributed by atoms with van der Waals surface area (Å²) in [5, 5.41) is 8.99. The first-order valence-electron chi connectivity index (χ1n) is 5.75. The third-order valence-corrected chi connectivity index (χ3v) is 3.31. The Balaban J connectivity index is 2.60. The van der Waals surface area contributed by atoms with Crippen LogP contribution in [0, 0.1) is 11.8 Å². The molecule has 0 aromatic heterocycles. The molecule has 3 atom stereocenters. The zero-order valence-corrected chi connectivity index (χ0v) is 10.3. The first-order chi connectivity index (χ1) is 8.01. The molecule has 3 N–H and O–H groups in total. The SMILES string of the molecule is COC(CN)C(=O)N1CCC(C(=O)O)C(C)C1. The van der Waals surface area contributed by atoms with Crippen molar-refractivity contribution in [3.8, 4) is 0 Å². The molecule has 0 aromatic rings. The van der Waals surface area contributed by atoms with Gasteiger partial charge in [0.25, 0.3) is 5.91 Å². The van der Waals surface area contributed by atoms with Crippen LogP contribution in [0.2, 0.25) is 0 Å². The zero-order valence-electron chi connectivity index (χ0n) is 10.3. The Kier molecular flexibility index (Phi) is 4.89. The zero-order chi connectivity index (χ0) is 13.0. The van der Waals surface area contributed by atoms with Crippen LogP contribution in [-0.2, 0) is 14.3 Å². The van der Waals surface area contributed by atoms with E-state index in [0.717, 1.165) is 0 Å². The van der Waals surface area contributed by atoms with Gasteiger partial charge in [0.2, 0.25) is 0 Å². The molecule has 17 heavy (non-hydrogen) atoms. The van der Waals surface area contributed by atoms with Crippen LogP contribution < -0.4 is 5.73 Å². The van der Waals surface area contributed by atoms with E-state index in [9.17, 15) is 9.59 Å². The van der Waals surface area contributed by atoms with E-state index >= 15 is 0 Å². The van der Waals surface area contributed by atoms with Gasteiger partial charge in [-0.25, -0.2) is 0 Å². The number of hydrogen-bond acceptors (Lipinski definition) is 4. The molecule has 6 nitrogen and oxygen atoms in total. The minimum atomic E-state index is -0.785. The number of amides is 1.